The molecule has 0 aliphatic heterocycles. The van der Waals surface area contributed by atoms with Gasteiger partial charge in [0, 0.05) is 12.6 Å². The summed E-state index contributed by atoms with van der Waals surface area (Å²) in [5.74, 6) is -1.05. The summed E-state index contributed by atoms with van der Waals surface area (Å²) in [5.41, 5.74) is 2.89. The van der Waals surface area contributed by atoms with Crippen LogP contribution < -0.4 is 9.62 Å². The first kappa shape index (κ1) is 32.8. The van der Waals surface area contributed by atoms with Gasteiger partial charge in [-0.05, 0) is 80.1 Å². The summed E-state index contributed by atoms with van der Waals surface area (Å²) in [4.78, 5) is 28.9. The van der Waals surface area contributed by atoms with Gasteiger partial charge in [0.2, 0.25) is 11.8 Å². The molecule has 0 saturated heterocycles. The summed E-state index contributed by atoms with van der Waals surface area (Å²) in [6.07, 6.45) is 1.02. The van der Waals surface area contributed by atoms with Gasteiger partial charge in [-0.25, -0.2) is 12.8 Å². The summed E-state index contributed by atoms with van der Waals surface area (Å²) in [6, 6.07) is 18.3. The molecule has 0 radical (unpaired) electrons. The van der Waals surface area contributed by atoms with E-state index in [-0.39, 0.29) is 29.3 Å². The second-order valence-corrected chi connectivity index (χ2v) is 12.8. The zero-order valence-electron chi connectivity index (χ0n) is 25.3. The summed E-state index contributed by atoms with van der Waals surface area (Å²) in [7, 11) is -4.15. The second-order valence-electron chi connectivity index (χ2n) is 11.0. The lowest BCUT2D eigenvalue weighted by Crippen LogP contribution is -2.53. The molecule has 2 atom stereocenters. The van der Waals surface area contributed by atoms with Crippen molar-refractivity contribution in [2.45, 2.75) is 83.8 Å². The van der Waals surface area contributed by atoms with Crippen molar-refractivity contribution in [2.24, 2.45) is 0 Å². The average molecular weight is 596 g/mol. The van der Waals surface area contributed by atoms with Crippen molar-refractivity contribution in [3.8, 4) is 0 Å². The standard InChI is InChI=1S/C33H42FN3O4S/c1-7-25(6)35-33(39)31(8-2)36(21-26-11-15-28(34)16-12-26)32(38)22-37(29-17-13-27(14-18-29)23(3)4)42(40,41)30-19-9-24(5)10-20-30/h9-20,23,25,31H,7-8,21-22H2,1-6H3,(H,35,39)/t25-,31+/m1/s1. The third-order valence-corrected chi connectivity index (χ3v) is 9.18. The number of sulfonamides is 1. The summed E-state index contributed by atoms with van der Waals surface area (Å²) >= 11 is 0. The number of aryl methyl sites for hydroxylation is 1. The first-order valence-corrected chi connectivity index (χ1v) is 15.8. The molecular formula is C33H42FN3O4S. The molecule has 226 valence electrons. The van der Waals surface area contributed by atoms with Gasteiger partial charge in [0.15, 0.2) is 0 Å². The molecule has 0 aliphatic carbocycles. The van der Waals surface area contributed by atoms with Gasteiger partial charge in [-0.2, -0.15) is 0 Å². The molecule has 0 saturated carbocycles. The van der Waals surface area contributed by atoms with Gasteiger partial charge < -0.3 is 10.2 Å². The fourth-order valence-corrected chi connectivity index (χ4v) is 5.95. The highest BCUT2D eigenvalue weighted by Gasteiger charge is 2.34. The van der Waals surface area contributed by atoms with E-state index < -0.39 is 34.3 Å². The van der Waals surface area contributed by atoms with E-state index in [1.165, 1.54) is 29.2 Å². The van der Waals surface area contributed by atoms with Crippen molar-refractivity contribution in [3.05, 3.63) is 95.3 Å². The second kappa shape index (κ2) is 14.4. The predicted molar refractivity (Wildman–Crippen MR) is 165 cm³/mol. The van der Waals surface area contributed by atoms with Crippen LogP contribution in [-0.4, -0.2) is 43.8 Å². The Morgan fingerprint density at radius 1 is 0.857 bits per heavy atom. The Hall–Kier alpha value is -3.72. The van der Waals surface area contributed by atoms with Crippen LogP contribution in [0.25, 0.3) is 0 Å². The molecule has 3 aromatic carbocycles. The van der Waals surface area contributed by atoms with E-state index in [2.05, 4.69) is 5.32 Å². The van der Waals surface area contributed by atoms with Crippen molar-refractivity contribution < 1.29 is 22.4 Å². The Morgan fingerprint density at radius 3 is 1.98 bits per heavy atom. The van der Waals surface area contributed by atoms with Crippen LogP contribution in [0.15, 0.2) is 77.7 Å². The van der Waals surface area contributed by atoms with Crippen LogP contribution in [0.3, 0.4) is 0 Å². The van der Waals surface area contributed by atoms with Crippen LogP contribution in [-0.2, 0) is 26.2 Å². The summed E-state index contributed by atoms with van der Waals surface area (Å²) in [5, 5.41) is 2.95. The van der Waals surface area contributed by atoms with Crippen LogP contribution in [0.5, 0.6) is 0 Å². The minimum atomic E-state index is -4.15. The zero-order chi connectivity index (χ0) is 31.0. The number of anilines is 1. The molecule has 42 heavy (non-hydrogen) atoms. The van der Waals surface area contributed by atoms with Crippen LogP contribution >= 0.6 is 0 Å². The molecule has 0 fully saturated rings. The predicted octanol–water partition coefficient (Wildman–Crippen LogP) is 6.17. The lowest BCUT2D eigenvalue weighted by atomic mass is 10.0. The largest absolute Gasteiger partial charge is 0.352 e. The number of nitrogens with one attached hydrogen (secondary N) is 1. The van der Waals surface area contributed by atoms with Crippen molar-refractivity contribution in [3.63, 3.8) is 0 Å². The molecule has 7 nitrogen and oxygen atoms in total. The normalized spacial score (nSPS) is 13.0. The number of carbonyl (C=O) groups excluding carboxylic acids is 2. The highest BCUT2D eigenvalue weighted by atomic mass is 32.2. The number of rotatable bonds is 13. The van der Waals surface area contributed by atoms with Crippen molar-refractivity contribution in [1.82, 2.24) is 10.2 Å². The van der Waals surface area contributed by atoms with Crippen molar-refractivity contribution in [2.75, 3.05) is 10.8 Å². The van der Waals surface area contributed by atoms with E-state index in [0.717, 1.165) is 15.4 Å². The first-order chi connectivity index (χ1) is 19.9. The maximum atomic E-state index is 14.1. The van der Waals surface area contributed by atoms with Gasteiger partial charge in [0.1, 0.15) is 18.4 Å². The van der Waals surface area contributed by atoms with Gasteiger partial charge in [0.05, 0.1) is 10.6 Å². The van der Waals surface area contributed by atoms with Crippen LogP contribution in [0.2, 0.25) is 0 Å². The number of carbonyl (C=O) groups is 2. The molecule has 3 aromatic rings. The molecule has 0 aliphatic rings. The van der Waals surface area contributed by atoms with E-state index in [9.17, 15) is 22.4 Å². The Labute approximate surface area is 249 Å². The van der Waals surface area contributed by atoms with E-state index in [4.69, 9.17) is 0 Å². The van der Waals surface area contributed by atoms with Crippen LogP contribution in [0.4, 0.5) is 10.1 Å². The smallest absolute Gasteiger partial charge is 0.264 e. The van der Waals surface area contributed by atoms with Crippen molar-refractivity contribution >= 4 is 27.5 Å². The fraction of sp³-hybridized carbons (Fsp3) is 0.394. The highest BCUT2D eigenvalue weighted by Crippen LogP contribution is 2.27. The molecule has 2 amide bonds. The van der Waals surface area contributed by atoms with E-state index in [1.54, 1.807) is 43.3 Å². The lowest BCUT2D eigenvalue weighted by molar-refractivity contribution is -0.140. The first-order valence-electron chi connectivity index (χ1n) is 14.4. The lowest BCUT2D eigenvalue weighted by Gasteiger charge is -2.33. The maximum Gasteiger partial charge on any atom is 0.264 e. The van der Waals surface area contributed by atoms with Gasteiger partial charge in [-0.15, -0.1) is 0 Å². The Balaban J connectivity index is 2.07. The Morgan fingerprint density at radius 2 is 1.45 bits per heavy atom. The van der Waals surface area contributed by atoms with E-state index >= 15 is 0 Å². The molecule has 9 heteroatoms. The summed E-state index contributed by atoms with van der Waals surface area (Å²) < 4.78 is 42.8. The van der Waals surface area contributed by atoms with Crippen LogP contribution in [0.1, 0.15) is 70.1 Å². The number of halogens is 1. The van der Waals surface area contributed by atoms with Gasteiger partial charge in [-0.1, -0.05) is 69.7 Å². The number of nitrogens with zero attached hydrogens (tertiary/aromatic N) is 2. The SMILES string of the molecule is CC[C@@H](C)NC(=O)[C@H](CC)N(Cc1ccc(F)cc1)C(=O)CN(c1ccc(C(C)C)cc1)S(=O)(=O)c1ccc(C)cc1. The third kappa shape index (κ3) is 8.18. The zero-order valence-corrected chi connectivity index (χ0v) is 26.1. The number of benzene rings is 3. The molecule has 1 N–H and O–H groups in total. The molecular weight excluding hydrogens is 553 g/mol. The number of hydrogen-bond donors (Lipinski definition) is 1. The maximum absolute atomic E-state index is 14.1. The number of hydrogen-bond acceptors (Lipinski definition) is 4. The fourth-order valence-electron chi connectivity index (χ4n) is 4.54. The monoisotopic (exact) mass is 595 g/mol. The Kier molecular flexibility index (Phi) is 11.3. The Bertz CT molecular complexity index is 1440. The quantitative estimate of drug-likeness (QED) is 0.256. The molecule has 3 rings (SSSR count). The van der Waals surface area contributed by atoms with Crippen molar-refractivity contribution in [1.29, 1.82) is 0 Å². The van der Waals surface area contributed by atoms with Gasteiger partial charge in [-0.3, -0.25) is 13.9 Å². The molecule has 0 heterocycles. The minimum Gasteiger partial charge on any atom is -0.352 e. The third-order valence-electron chi connectivity index (χ3n) is 7.39. The molecule has 0 spiro atoms. The van der Waals surface area contributed by atoms with Gasteiger partial charge in [0.25, 0.3) is 10.0 Å². The average Bonchev–Trinajstić information content (AvgIpc) is 2.96. The van der Waals surface area contributed by atoms with Crippen LogP contribution in [0, 0.1) is 12.7 Å². The summed E-state index contributed by atoms with van der Waals surface area (Å²) in [6.45, 7) is 11.1. The van der Waals surface area contributed by atoms with Gasteiger partial charge >= 0.3 is 0 Å². The molecule has 0 aromatic heterocycles. The number of amides is 2. The molecule has 0 unspecified atom stereocenters. The minimum absolute atomic E-state index is 0.0102. The topological polar surface area (TPSA) is 86.8 Å². The van der Waals surface area contributed by atoms with E-state index in [1.807, 2.05) is 46.8 Å². The van der Waals surface area contributed by atoms with E-state index in [0.29, 0.717) is 24.1 Å². The molecule has 0 bridgehead atoms. The highest BCUT2D eigenvalue weighted by molar-refractivity contribution is 7.92.